The summed E-state index contributed by atoms with van der Waals surface area (Å²) in [5, 5.41) is 9.12. The molecule has 1 aliphatic heterocycles. The molecule has 2 N–H and O–H groups in total. The van der Waals surface area contributed by atoms with Crippen LogP contribution in [0.2, 0.25) is 0 Å². The van der Waals surface area contributed by atoms with E-state index in [1.54, 1.807) is 12.3 Å². The van der Waals surface area contributed by atoms with Crippen molar-refractivity contribution in [3.63, 3.8) is 0 Å². The van der Waals surface area contributed by atoms with E-state index in [2.05, 4.69) is 9.88 Å². The minimum Gasteiger partial charge on any atom is -0.395 e. The van der Waals surface area contributed by atoms with Crippen molar-refractivity contribution in [2.45, 2.75) is 18.9 Å². The van der Waals surface area contributed by atoms with Gasteiger partial charge in [0.15, 0.2) is 5.78 Å². The Hall–Kier alpha value is -1.13. The van der Waals surface area contributed by atoms with E-state index in [1.807, 2.05) is 6.07 Å². The molecule has 0 bridgehead atoms. The van der Waals surface area contributed by atoms with Crippen LogP contribution in [0.5, 0.6) is 0 Å². The molecule has 2 heterocycles. The normalized spacial score (nSPS) is 22.1. The van der Waals surface area contributed by atoms with E-state index >= 15 is 0 Å². The van der Waals surface area contributed by atoms with Gasteiger partial charge in [-0.05, 0) is 31.5 Å². The molecule has 4 heteroatoms. The molecule has 82 valence electrons. The summed E-state index contributed by atoms with van der Waals surface area (Å²) in [6.45, 7) is 1.47. The number of aliphatic hydroxyl groups excluding tert-OH is 1. The highest BCUT2D eigenvalue weighted by Gasteiger charge is 2.25. The summed E-state index contributed by atoms with van der Waals surface area (Å²) in [7, 11) is 0. The van der Waals surface area contributed by atoms with Gasteiger partial charge in [0, 0.05) is 12.2 Å². The molecule has 1 aromatic rings. The van der Waals surface area contributed by atoms with Crippen molar-refractivity contribution >= 4 is 5.78 Å². The standard InChI is InChI=1S/C11H16N2O2/c14-8-9-3-2-6-13(9)7-11(15)10-4-1-5-12-10/h1,4-5,9,12,14H,2-3,6-8H2. The summed E-state index contributed by atoms with van der Waals surface area (Å²) in [4.78, 5) is 16.7. The lowest BCUT2D eigenvalue weighted by Gasteiger charge is -2.21. The average Bonchev–Trinajstić information content (AvgIpc) is 2.87. The zero-order valence-corrected chi connectivity index (χ0v) is 8.65. The molecule has 0 saturated carbocycles. The molecular weight excluding hydrogens is 192 g/mol. The quantitative estimate of drug-likeness (QED) is 0.714. The van der Waals surface area contributed by atoms with Gasteiger partial charge in [0.1, 0.15) is 0 Å². The highest BCUT2D eigenvalue weighted by Crippen LogP contribution is 2.16. The van der Waals surface area contributed by atoms with Gasteiger partial charge in [-0.2, -0.15) is 0 Å². The van der Waals surface area contributed by atoms with Gasteiger partial charge < -0.3 is 10.1 Å². The molecule has 0 radical (unpaired) electrons. The lowest BCUT2D eigenvalue weighted by atomic mass is 10.2. The van der Waals surface area contributed by atoms with Gasteiger partial charge in [-0.15, -0.1) is 0 Å². The number of carbonyl (C=O) groups excluding carboxylic acids is 1. The van der Waals surface area contributed by atoms with Gasteiger partial charge in [-0.3, -0.25) is 9.69 Å². The lowest BCUT2D eigenvalue weighted by molar-refractivity contribution is 0.0883. The number of nitrogens with one attached hydrogen (secondary N) is 1. The van der Waals surface area contributed by atoms with Gasteiger partial charge in [0.2, 0.25) is 0 Å². The zero-order chi connectivity index (χ0) is 10.7. The molecule has 2 rings (SSSR count). The monoisotopic (exact) mass is 208 g/mol. The molecule has 4 nitrogen and oxygen atoms in total. The Bertz CT molecular complexity index is 321. The Balaban J connectivity index is 1.94. The molecule has 0 amide bonds. The predicted octanol–water partition coefficient (Wildman–Crippen LogP) is 0.654. The molecule has 1 unspecified atom stereocenters. The number of H-pyrrole nitrogens is 1. The largest absolute Gasteiger partial charge is 0.395 e. The van der Waals surface area contributed by atoms with Gasteiger partial charge in [-0.25, -0.2) is 0 Å². The summed E-state index contributed by atoms with van der Waals surface area (Å²) in [5.74, 6) is 0.0975. The van der Waals surface area contributed by atoms with Crippen molar-refractivity contribution in [1.29, 1.82) is 0 Å². The fraction of sp³-hybridized carbons (Fsp3) is 0.545. The number of hydrogen-bond acceptors (Lipinski definition) is 3. The first-order chi connectivity index (χ1) is 7.31. The first-order valence-corrected chi connectivity index (χ1v) is 5.33. The van der Waals surface area contributed by atoms with E-state index in [4.69, 9.17) is 5.11 Å². The number of hydrogen-bond donors (Lipinski definition) is 2. The van der Waals surface area contributed by atoms with E-state index in [1.165, 1.54) is 0 Å². The van der Waals surface area contributed by atoms with E-state index < -0.39 is 0 Å². The Morgan fingerprint density at radius 1 is 1.67 bits per heavy atom. The highest BCUT2D eigenvalue weighted by molar-refractivity contribution is 5.95. The van der Waals surface area contributed by atoms with E-state index in [0.29, 0.717) is 12.2 Å². The number of Topliss-reactive ketones (excluding diaryl/α,β-unsaturated/α-hetero) is 1. The summed E-state index contributed by atoms with van der Waals surface area (Å²) < 4.78 is 0. The second-order valence-electron chi connectivity index (χ2n) is 3.96. The van der Waals surface area contributed by atoms with Crippen LogP contribution < -0.4 is 0 Å². The number of rotatable bonds is 4. The summed E-state index contributed by atoms with van der Waals surface area (Å²) in [6, 6.07) is 3.77. The summed E-state index contributed by atoms with van der Waals surface area (Å²) in [6.07, 6.45) is 3.82. The number of aromatic nitrogens is 1. The summed E-state index contributed by atoms with van der Waals surface area (Å²) >= 11 is 0. The number of ketones is 1. The van der Waals surface area contributed by atoms with Crippen LogP contribution in [0.4, 0.5) is 0 Å². The van der Waals surface area contributed by atoms with Crippen LogP contribution in [0.3, 0.4) is 0 Å². The summed E-state index contributed by atoms with van der Waals surface area (Å²) in [5.41, 5.74) is 0.651. The van der Waals surface area contributed by atoms with Crippen molar-refractivity contribution in [3.05, 3.63) is 24.0 Å². The predicted molar refractivity (Wildman–Crippen MR) is 56.8 cm³/mol. The molecule has 0 aliphatic carbocycles. The van der Waals surface area contributed by atoms with Gasteiger partial charge in [0.25, 0.3) is 0 Å². The Labute approximate surface area is 88.9 Å². The number of nitrogens with zero attached hydrogens (tertiary/aromatic N) is 1. The van der Waals surface area contributed by atoms with E-state index in [0.717, 1.165) is 19.4 Å². The van der Waals surface area contributed by atoms with Crippen molar-refractivity contribution in [2.24, 2.45) is 0 Å². The first kappa shape index (κ1) is 10.4. The Morgan fingerprint density at radius 2 is 2.53 bits per heavy atom. The molecule has 0 aromatic carbocycles. The molecular formula is C11H16N2O2. The third kappa shape index (κ3) is 2.27. The Kier molecular flexibility index (Phi) is 3.18. The van der Waals surface area contributed by atoms with E-state index in [-0.39, 0.29) is 18.4 Å². The molecule has 0 spiro atoms. The third-order valence-corrected chi connectivity index (χ3v) is 2.95. The van der Waals surface area contributed by atoms with Crippen molar-refractivity contribution in [1.82, 2.24) is 9.88 Å². The van der Waals surface area contributed by atoms with Gasteiger partial charge >= 0.3 is 0 Å². The number of carbonyl (C=O) groups is 1. The van der Waals surface area contributed by atoms with Crippen LogP contribution in [0.25, 0.3) is 0 Å². The van der Waals surface area contributed by atoms with Crippen molar-refractivity contribution in [2.75, 3.05) is 19.7 Å². The third-order valence-electron chi connectivity index (χ3n) is 2.95. The van der Waals surface area contributed by atoms with Crippen LogP contribution in [-0.4, -0.2) is 46.5 Å². The van der Waals surface area contributed by atoms with Gasteiger partial charge in [0.05, 0.1) is 18.8 Å². The molecule has 1 aliphatic rings. The second-order valence-corrected chi connectivity index (χ2v) is 3.96. The maximum Gasteiger partial charge on any atom is 0.192 e. The minimum atomic E-state index is 0.0975. The number of aromatic amines is 1. The maximum atomic E-state index is 11.8. The van der Waals surface area contributed by atoms with Crippen LogP contribution in [0.1, 0.15) is 23.3 Å². The molecule has 15 heavy (non-hydrogen) atoms. The molecule has 1 saturated heterocycles. The SMILES string of the molecule is O=C(CN1CCCC1CO)c1ccc[nH]1. The average molecular weight is 208 g/mol. The number of likely N-dealkylation sites (tertiary alicyclic amines) is 1. The Morgan fingerprint density at radius 3 is 3.20 bits per heavy atom. The van der Waals surface area contributed by atoms with Crippen LogP contribution in [-0.2, 0) is 0 Å². The minimum absolute atomic E-state index is 0.0975. The fourth-order valence-corrected chi connectivity index (χ4v) is 2.08. The topological polar surface area (TPSA) is 56.3 Å². The van der Waals surface area contributed by atoms with Crippen molar-refractivity contribution in [3.8, 4) is 0 Å². The first-order valence-electron chi connectivity index (χ1n) is 5.33. The lowest BCUT2D eigenvalue weighted by Crippen LogP contribution is -2.36. The van der Waals surface area contributed by atoms with Crippen LogP contribution >= 0.6 is 0 Å². The van der Waals surface area contributed by atoms with E-state index in [9.17, 15) is 4.79 Å². The smallest absolute Gasteiger partial charge is 0.192 e. The van der Waals surface area contributed by atoms with Crippen molar-refractivity contribution < 1.29 is 9.90 Å². The van der Waals surface area contributed by atoms with Gasteiger partial charge in [-0.1, -0.05) is 0 Å². The zero-order valence-electron chi connectivity index (χ0n) is 8.65. The number of aliphatic hydroxyl groups is 1. The molecule has 1 fully saturated rings. The second kappa shape index (κ2) is 4.59. The highest BCUT2D eigenvalue weighted by atomic mass is 16.3. The maximum absolute atomic E-state index is 11.8. The fourth-order valence-electron chi connectivity index (χ4n) is 2.08. The molecule has 1 aromatic heterocycles. The van der Waals surface area contributed by atoms with Crippen LogP contribution in [0, 0.1) is 0 Å². The van der Waals surface area contributed by atoms with Crippen LogP contribution in [0.15, 0.2) is 18.3 Å². The molecule has 1 atom stereocenters.